The van der Waals surface area contributed by atoms with Crippen molar-refractivity contribution in [1.29, 1.82) is 0 Å². The van der Waals surface area contributed by atoms with Crippen LogP contribution in [-0.2, 0) is 9.47 Å². The van der Waals surface area contributed by atoms with Gasteiger partial charge < -0.3 is 26.3 Å². The van der Waals surface area contributed by atoms with E-state index < -0.39 is 11.9 Å². The van der Waals surface area contributed by atoms with Gasteiger partial charge in [0.1, 0.15) is 9.88 Å². The number of ether oxygens (including phenoxy) is 2. The molecule has 2 rings (SSSR count). The summed E-state index contributed by atoms with van der Waals surface area (Å²) in [7, 11) is 1.26. The number of hydrogen-bond acceptors (Lipinski definition) is 7. The number of carbonyl (C=O) groups is 2. The highest BCUT2D eigenvalue weighted by molar-refractivity contribution is 7.19. The van der Waals surface area contributed by atoms with Crippen molar-refractivity contribution in [2.24, 2.45) is 11.7 Å². The van der Waals surface area contributed by atoms with Gasteiger partial charge in [0.05, 0.1) is 25.0 Å². The molecule has 8 heteroatoms. The average Bonchev–Trinajstić information content (AvgIpc) is 3.02. The Bertz CT molecular complexity index is 523. The number of amides is 1. The average molecular weight is 299 g/mol. The maximum Gasteiger partial charge on any atom is 0.350 e. The molecule has 1 saturated heterocycles. The number of primary amides is 1. The van der Waals surface area contributed by atoms with Crippen molar-refractivity contribution in [1.82, 2.24) is 0 Å². The molecule has 0 aliphatic carbocycles. The predicted octanol–water partition coefficient (Wildman–Crippen LogP) is 0.664. The van der Waals surface area contributed by atoms with Crippen LogP contribution in [0.15, 0.2) is 0 Å². The molecule has 0 radical (unpaired) electrons. The van der Waals surface area contributed by atoms with Crippen LogP contribution in [0.25, 0.3) is 0 Å². The predicted molar refractivity (Wildman–Crippen MR) is 76.0 cm³/mol. The summed E-state index contributed by atoms with van der Waals surface area (Å²) < 4.78 is 9.92. The van der Waals surface area contributed by atoms with Gasteiger partial charge in [-0.25, -0.2) is 4.79 Å². The van der Waals surface area contributed by atoms with Crippen molar-refractivity contribution in [3.63, 3.8) is 0 Å². The molecule has 1 atom stereocenters. The fourth-order valence-electron chi connectivity index (χ4n) is 2.04. The van der Waals surface area contributed by atoms with E-state index in [0.717, 1.165) is 24.4 Å². The first kappa shape index (κ1) is 14.6. The second kappa shape index (κ2) is 6.10. The van der Waals surface area contributed by atoms with Gasteiger partial charge in [-0.3, -0.25) is 4.79 Å². The molecule has 5 N–H and O–H groups in total. The molecule has 1 amide bonds. The molecule has 2 heterocycles. The highest BCUT2D eigenvalue weighted by Crippen LogP contribution is 2.36. The normalized spacial score (nSPS) is 17.9. The number of anilines is 2. The number of methoxy groups -OCH3 is 1. The first-order valence-corrected chi connectivity index (χ1v) is 6.98. The van der Waals surface area contributed by atoms with Crippen LogP contribution in [0.3, 0.4) is 0 Å². The molecule has 1 aromatic heterocycles. The highest BCUT2D eigenvalue weighted by atomic mass is 32.1. The fraction of sp³-hybridized carbons (Fsp3) is 0.500. The van der Waals surface area contributed by atoms with E-state index in [1.165, 1.54) is 7.11 Å². The van der Waals surface area contributed by atoms with E-state index in [-0.39, 0.29) is 16.1 Å². The van der Waals surface area contributed by atoms with Gasteiger partial charge in [0.15, 0.2) is 0 Å². The van der Waals surface area contributed by atoms with Gasteiger partial charge in [-0.05, 0) is 6.42 Å². The van der Waals surface area contributed by atoms with Crippen LogP contribution in [0.4, 0.5) is 10.7 Å². The zero-order valence-electron chi connectivity index (χ0n) is 11.1. The molecule has 0 saturated carbocycles. The van der Waals surface area contributed by atoms with Gasteiger partial charge in [-0.1, -0.05) is 0 Å². The van der Waals surface area contributed by atoms with Crippen molar-refractivity contribution in [3.05, 3.63) is 10.4 Å². The molecule has 1 aromatic rings. The Labute approximate surface area is 120 Å². The molecule has 1 aliphatic heterocycles. The van der Waals surface area contributed by atoms with Crippen molar-refractivity contribution in [2.75, 3.05) is 37.9 Å². The third-order valence-electron chi connectivity index (χ3n) is 3.14. The van der Waals surface area contributed by atoms with Crippen LogP contribution >= 0.6 is 11.3 Å². The summed E-state index contributed by atoms with van der Waals surface area (Å²) in [6.45, 7) is 2.07. The van der Waals surface area contributed by atoms with Gasteiger partial charge in [-0.15, -0.1) is 11.3 Å². The van der Waals surface area contributed by atoms with E-state index in [9.17, 15) is 9.59 Å². The standard InChI is InChI=1S/C12H17N3O4S/c1-18-12(17)9-8(13)7(10(14)16)11(20-9)15-4-6-2-3-19-5-6/h6,15H,2-5,13H2,1H3,(H2,14,16). The zero-order valence-corrected chi connectivity index (χ0v) is 11.9. The molecular formula is C12H17N3O4S. The minimum absolute atomic E-state index is 0.0690. The summed E-state index contributed by atoms with van der Waals surface area (Å²) in [5.41, 5.74) is 11.4. The van der Waals surface area contributed by atoms with Crippen LogP contribution < -0.4 is 16.8 Å². The van der Waals surface area contributed by atoms with Crippen LogP contribution in [0.1, 0.15) is 26.5 Å². The molecule has 7 nitrogen and oxygen atoms in total. The summed E-state index contributed by atoms with van der Waals surface area (Å²) in [6.07, 6.45) is 0.962. The van der Waals surface area contributed by atoms with Crippen LogP contribution in [0.5, 0.6) is 0 Å². The molecular weight excluding hydrogens is 282 g/mol. The minimum Gasteiger partial charge on any atom is -0.465 e. The van der Waals surface area contributed by atoms with Crippen molar-refractivity contribution in [3.8, 4) is 0 Å². The van der Waals surface area contributed by atoms with E-state index in [0.29, 0.717) is 24.1 Å². The molecule has 0 bridgehead atoms. The monoisotopic (exact) mass is 299 g/mol. The molecule has 0 aromatic carbocycles. The van der Waals surface area contributed by atoms with Crippen molar-refractivity contribution < 1.29 is 19.1 Å². The Kier molecular flexibility index (Phi) is 4.46. The summed E-state index contributed by atoms with van der Waals surface area (Å²) in [6, 6.07) is 0. The number of nitrogens with one attached hydrogen (secondary N) is 1. The molecule has 1 unspecified atom stereocenters. The Balaban J connectivity index is 2.21. The van der Waals surface area contributed by atoms with Gasteiger partial charge in [0.2, 0.25) is 0 Å². The quantitative estimate of drug-likeness (QED) is 0.688. The SMILES string of the molecule is COC(=O)c1sc(NCC2CCOC2)c(C(N)=O)c1N. The first-order chi connectivity index (χ1) is 9.54. The summed E-state index contributed by atoms with van der Waals surface area (Å²) >= 11 is 1.08. The largest absolute Gasteiger partial charge is 0.465 e. The number of hydrogen-bond donors (Lipinski definition) is 3. The smallest absolute Gasteiger partial charge is 0.350 e. The van der Waals surface area contributed by atoms with Crippen molar-refractivity contribution >= 4 is 33.9 Å². The summed E-state index contributed by atoms with van der Waals surface area (Å²) in [4.78, 5) is 23.3. The second-order valence-electron chi connectivity index (χ2n) is 4.52. The van der Waals surface area contributed by atoms with E-state index in [4.69, 9.17) is 16.2 Å². The third-order valence-corrected chi connectivity index (χ3v) is 4.28. The Hall–Kier alpha value is -1.80. The number of carbonyl (C=O) groups excluding carboxylic acids is 2. The lowest BCUT2D eigenvalue weighted by atomic mass is 10.1. The lowest BCUT2D eigenvalue weighted by molar-refractivity contribution is 0.0607. The number of esters is 1. The fourth-order valence-corrected chi connectivity index (χ4v) is 3.09. The molecule has 20 heavy (non-hydrogen) atoms. The Morgan fingerprint density at radius 1 is 1.55 bits per heavy atom. The molecule has 0 spiro atoms. The molecule has 1 fully saturated rings. The maximum atomic E-state index is 11.6. The first-order valence-electron chi connectivity index (χ1n) is 6.16. The van der Waals surface area contributed by atoms with Crippen molar-refractivity contribution in [2.45, 2.75) is 6.42 Å². The molecule has 110 valence electrons. The lowest BCUT2D eigenvalue weighted by Gasteiger charge is -2.10. The van der Waals surface area contributed by atoms with Gasteiger partial charge in [0.25, 0.3) is 5.91 Å². The third kappa shape index (κ3) is 2.86. The van der Waals surface area contributed by atoms with E-state index in [1.54, 1.807) is 0 Å². The number of nitrogen functional groups attached to an aromatic ring is 1. The van der Waals surface area contributed by atoms with E-state index in [1.807, 2.05) is 0 Å². The van der Waals surface area contributed by atoms with E-state index in [2.05, 4.69) is 10.1 Å². The maximum absolute atomic E-state index is 11.6. The summed E-state index contributed by atoms with van der Waals surface area (Å²) in [5.74, 6) is -0.869. The topological polar surface area (TPSA) is 117 Å². The van der Waals surface area contributed by atoms with E-state index >= 15 is 0 Å². The Morgan fingerprint density at radius 3 is 2.85 bits per heavy atom. The van der Waals surface area contributed by atoms with Gasteiger partial charge in [0, 0.05) is 19.1 Å². The number of thiophene rings is 1. The van der Waals surface area contributed by atoms with Gasteiger partial charge >= 0.3 is 5.97 Å². The zero-order chi connectivity index (χ0) is 14.7. The lowest BCUT2D eigenvalue weighted by Crippen LogP contribution is -2.18. The second-order valence-corrected chi connectivity index (χ2v) is 5.54. The minimum atomic E-state index is -0.668. The van der Waals surface area contributed by atoms with Crippen LogP contribution in [0.2, 0.25) is 0 Å². The summed E-state index contributed by atoms with van der Waals surface area (Å²) in [5, 5.41) is 3.63. The number of rotatable bonds is 5. The van der Waals surface area contributed by atoms with Gasteiger partial charge in [-0.2, -0.15) is 0 Å². The van der Waals surface area contributed by atoms with Crippen LogP contribution in [0, 0.1) is 5.92 Å². The molecule has 1 aliphatic rings. The van der Waals surface area contributed by atoms with Crippen LogP contribution in [-0.4, -0.2) is 38.7 Å². The number of nitrogens with two attached hydrogens (primary N) is 2. The Morgan fingerprint density at radius 2 is 2.30 bits per heavy atom. The highest BCUT2D eigenvalue weighted by Gasteiger charge is 2.25.